The molecule has 2 rings (SSSR count). The van der Waals surface area contributed by atoms with Crippen LogP contribution in [0.2, 0.25) is 5.02 Å². The maximum Gasteiger partial charge on any atom is 0.339 e. The van der Waals surface area contributed by atoms with E-state index in [0.29, 0.717) is 5.56 Å². The van der Waals surface area contributed by atoms with Gasteiger partial charge in [0.25, 0.3) is 11.6 Å². The molecule has 2 aromatic carbocycles. The van der Waals surface area contributed by atoms with Crippen molar-refractivity contribution in [3.05, 3.63) is 63.2 Å². The second-order valence-electron chi connectivity index (χ2n) is 4.97. The molecule has 1 amide bonds. The zero-order valence-corrected chi connectivity index (χ0v) is 15.3. The van der Waals surface area contributed by atoms with Gasteiger partial charge in [-0.25, -0.2) is 4.79 Å². The molecule has 0 saturated carbocycles. The molecule has 0 heterocycles. The average Bonchev–Trinajstić information content (AvgIpc) is 2.62. The number of carbonyl (C=O) groups excluding carboxylic acids is 2. The lowest BCUT2D eigenvalue weighted by molar-refractivity contribution is -0.384. The number of nitrogens with zero attached hydrogens (tertiary/aromatic N) is 1. The molecule has 0 aromatic heterocycles. The second kappa shape index (κ2) is 9.21. The molecule has 0 saturated heterocycles. The van der Waals surface area contributed by atoms with Gasteiger partial charge in [0.05, 0.1) is 21.2 Å². The molecule has 0 fully saturated rings. The number of halogens is 1. The number of benzene rings is 2. The van der Waals surface area contributed by atoms with E-state index in [0.717, 1.165) is 16.7 Å². The van der Waals surface area contributed by atoms with Crippen molar-refractivity contribution in [3.8, 4) is 0 Å². The Morgan fingerprint density at radius 3 is 2.65 bits per heavy atom. The number of anilines is 1. The molecule has 0 aliphatic heterocycles. The van der Waals surface area contributed by atoms with Crippen molar-refractivity contribution in [2.24, 2.45) is 0 Å². The Morgan fingerprint density at radius 2 is 2.00 bits per heavy atom. The third kappa shape index (κ3) is 5.21. The number of thioether (sulfide) groups is 1. The van der Waals surface area contributed by atoms with Crippen LogP contribution >= 0.6 is 23.4 Å². The van der Waals surface area contributed by atoms with Crippen molar-refractivity contribution in [2.75, 3.05) is 17.7 Å². The van der Waals surface area contributed by atoms with Gasteiger partial charge >= 0.3 is 5.97 Å². The third-order valence-corrected chi connectivity index (χ3v) is 4.45. The number of hydrogen-bond donors (Lipinski definition) is 1. The van der Waals surface area contributed by atoms with E-state index >= 15 is 0 Å². The molecule has 26 heavy (non-hydrogen) atoms. The third-order valence-electron chi connectivity index (χ3n) is 3.18. The largest absolute Gasteiger partial charge is 0.452 e. The van der Waals surface area contributed by atoms with E-state index in [2.05, 4.69) is 5.32 Å². The summed E-state index contributed by atoms with van der Waals surface area (Å²) in [5.74, 6) is -0.412. The number of esters is 1. The highest BCUT2D eigenvalue weighted by Gasteiger charge is 2.16. The Bertz CT molecular complexity index is 844. The normalized spacial score (nSPS) is 10.2. The zero-order chi connectivity index (χ0) is 19.1. The van der Waals surface area contributed by atoms with Crippen LogP contribution in [0.3, 0.4) is 0 Å². The number of nitro benzene ring substituents is 1. The molecule has 0 radical (unpaired) electrons. The molecule has 0 unspecified atom stereocenters. The number of amides is 1. The van der Waals surface area contributed by atoms with Gasteiger partial charge in [-0.05, 0) is 24.0 Å². The van der Waals surface area contributed by atoms with Gasteiger partial charge in [-0.3, -0.25) is 14.9 Å². The van der Waals surface area contributed by atoms with Crippen LogP contribution in [0.4, 0.5) is 11.4 Å². The minimum absolute atomic E-state index is 0.0172. The molecule has 7 nitrogen and oxygen atoms in total. The molecule has 0 spiro atoms. The number of ether oxygens (including phenoxy) is 1. The van der Waals surface area contributed by atoms with Gasteiger partial charge in [0, 0.05) is 17.0 Å². The first kappa shape index (κ1) is 19.7. The fourth-order valence-electron chi connectivity index (χ4n) is 2.03. The number of rotatable bonds is 7. The van der Waals surface area contributed by atoms with Crippen molar-refractivity contribution in [1.82, 2.24) is 0 Å². The molecule has 0 atom stereocenters. The van der Waals surface area contributed by atoms with E-state index in [-0.39, 0.29) is 16.4 Å². The number of carbonyl (C=O) groups is 2. The first-order valence-electron chi connectivity index (χ1n) is 7.55. The van der Waals surface area contributed by atoms with Crippen molar-refractivity contribution in [2.45, 2.75) is 11.8 Å². The van der Waals surface area contributed by atoms with Crippen LogP contribution in [0.15, 0.2) is 47.4 Å². The van der Waals surface area contributed by atoms with Crippen LogP contribution in [-0.2, 0) is 9.53 Å². The summed E-state index contributed by atoms with van der Waals surface area (Å²) in [5.41, 5.74) is 0.394. The number of hydrogen-bond acceptors (Lipinski definition) is 6. The molecule has 9 heteroatoms. The quantitative estimate of drug-likeness (QED) is 0.327. The fourth-order valence-corrected chi connectivity index (χ4v) is 3.05. The number of nitrogens with one attached hydrogen (secondary N) is 1. The Morgan fingerprint density at radius 1 is 1.27 bits per heavy atom. The summed E-state index contributed by atoms with van der Waals surface area (Å²) in [6, 6.07) is 10.6. The van der Waals surface area contributed by atoms with Gasteiger partial charge in [-0.15, -0.1) is 11.8 Å². The maximum atomic E-state index is 12.2. The van der Waals surface area contributed by atoms with Gasteiger partial charge in [-0.1, -0.05) is 30.7 Å². The molecule has 136 valence electrons. The summed E-state index contributed by atoms with van der Waals surface area (Å²) in [4.78, 5) is 35.0. The smallest absolute Gasteiger partial charge is 0.339 e. The predicted octanol–water partition coefficient (Wildman–Crippen LogP) is 4.16. The van der Waals surface area contributed by atoms with E-state index in [4.69, 9.17) is 16.3 Å². The maximum absolute atomic E-state index is 12.2. The number of non-ortho nitro benzene ring substituents is 1. The van der Waals surface area contributed by atoms with E-state index in [9.17, 15) is 19.7 Å². The Labute approximate surface area is 158 Å². The highest BCUT2D eigenvalue weighted by molar-refractivity contribution is 7.99. The van der Waals surface area contributed by atoms with Crippen molar-refractivity contribution in [1.29, 1.82) is 0 Å². The molecule has 0 aliphatic carbocycles. The first-order chi connectivity index (χ1) is 12.4. The van der Waals surface area contributed by atoms with Crippen molar-refractivity contribution in [3.63, 3.8) is 0 Å². The van der Waals surface area contributed by atoms with Crippen LogP contribution in [0.25, 0.3) is 0 Å². The fraction of sp³-hybridized carbons (Fsp3) is 0.176. The van der Waals surface area contributed by atoms with Crippen LogP contribution in [-0.4, -0.2) is 29.2 Å². The van der Waals surface area contributed by atoms with Crippen LogP contribution in [0.5, 0.6) is 0 Å². The van der Waals surface area contributed by atoms with Crippen LogP contribution in [0, 0.1) is 10.1 Å². The van der Waals surface area contributed by atoms with E-state index in [1.54, 1.807) is 12.1 Å². The summed E-state index contributed by atoms with van der Waals surface area (Å²) in [5, 5.41) is 13.1. The molecule has 1 N–H and O–H groups in total. The second-order valence-corrected chi connectivity index (χ2v) is 6.69. The SMILES string of the molecule is CCSc1ccccc1C(=O)OCC(=O)Nc1ccc([N+](=O)[O-])cc1Cl. The van der Waals surface area contributed by atoms with Crippen molar-refractivity contribution >= 4 is 46.6 Å². The Kier molecular flexibility index (Phi) is 6.99. The zero-order valence-electron chi connectivity index (χ0n) is 13.7. The lowest BCUT2D eigenvalue weighted by Crippen LogP contribution is -2.21. The lowest BCUT2D eigenvalue weighted by Gasteiger charge is -2.10. The van der Waals surface area contributed by atoms with E-state index in [1.165, 1.54) is 23.9 Å². The average molecular weight is 395 g/mol. The standard InChI is InChI=1S/C17H15ClN2O5S/c1-2-26-15-6-4-3-5-12(15)17(22)25-10-16(21)19-14-8-7-11(20(23)24)9-13(14)18/h3-9H,2,10H2,1H3,(H,19,21). The predicted molar refractivity (Wildman–Crippen MR) is 99.9 cm³/mol. The Balaban J connectivity index is 1.97. The molecular weight excluding hydrogens is 380 g/mol. The molecule has 0 bridgehead atoms. The monoisotopic (exact) mass is 394 g/mol. The molecule has 2 aromatic rings. The van der Waals surface area contributed by atoms with Gasteiger partial charge in [0.2, 0.25) is 0 Å². The molecule has 0 aliphatic rings. The van der Waals surface area contributed by atoms with E-state index < -0.39 is 23.4 Å². The van der Waals surface area contributed by atoms with Gasteiger partial charge in [0.15, 0.2) is 6.61 Å². The highest BCUT2D eigenvalue weighted by Crippen LogP contribution is 2.26. The summed E-state index contributed by atoms with van der Waals surface area (Å²) >= 11 is 7.40. The highest BCUT2D eigenvalue weighted by atomic mass is 35.5. The van der Waals surface area contributed by atoms with E-state index in [1.807, 2.05) is 19.1 Å². The lowest BCUT2D eigenvalue weighted by atomic mass is 10.2. The minimum atomic E-state index is -0.605. The van der Waals surface area contributed by atoms with Crippen molar-refractivity contribution < 1.29 is 19.2 Å². The van der Waals surface area contributed by atoms with Crippen LogP contribution < -0.4 is 5.32 Å². The Hall–Kier alpha value is -2.58. The summed E-state index contributed by atoms with van der Waals surface area (Å²) < 4.78 is 5.04. The summed E-state index contributed by atoms with van der Waals surface area (Å²) in [6.45, 7) is 1.46. The first-order valence-corrected chi connectivity index (χ1v) is 8.91. The van der Waals surface area contributed by atoms with Crippen LogP contribution in [0.1, 0.15) is 17.3 Å². The molecular formula is C17H15ClN2O5S. The van der Waals surface area contributed by atoms with Gasteiger partial charge < -0.3 is 10.1 Å². The summed E-state index contributed by atoms with van der Waals surface area (Å²) in [7, 11) is 0. The van der Waals surface area contributed by atoms with Gasteiger partial charge in [-0.2, -0.15) is 0 Å². The number of nitro groups is 1. The summed E-state index contributed by atoms with van der Waals surface area (Å²) in [6.07, 6.45) is 0. The topological polar surface area (TPSA) is 98.5 Å². The minimum Gasteiger partial charge on any atom is -0.452 e. The van der Waals surface area contributed by atoms with Gasteiger partial charge in [0.1, 0.15) is 0 Å².